The van der Waals surface area contributed by atoms with Gasteiger partial charge in [-0.1, -0.05) is 30.3 Å². The molecule has 0 aliphatic heterocycles. The van der Waals surface area contributed by atoms with Crippen molar-refractivity contribution in [1.82, 2.24) is 14.5 Å². The van der Waals surface area contributed by atoms with Gasteiger partial charge in [0.05, 0.1) is 19.0 Å². The summed E-state index contributed by atoms with van der Waals surface area (Å²) in [7, 11) is -3.13. The molecule has 1 heterocycles. The molecule has 0 atom stereocenters. The number of benzene rings is 1. The maximum atomic E-state index is 10.9. The number of rotatable bonds is 5. The molecule has 5 nitrogen and oxygen atoms in total. The molecule has 1 N–H and O–H groups in total. The fraction of sp³-hybridized carbons (Fsp3) is 0.250. The number of hydrogen-bond acceptors (Lipinski definition) is 3. The van der Waals surface area contributed by atoms with Crippen LogP contribution in [0.4, 0.5) is 0 Å². The van der Waals surface area contributed by atoms with Crippen LogP contribution < -0.4 is 4.72 Å². The van der Waals surface area contributed by atoms with Crippen LogP contribution in [0.2, 0.25) is 0 Å². The van der Waals surface area contributed by atoms with Gasteiger partial charge >= 0.3 is 0 Å². The molecule has 0 aliphatic carbocycles. The maximum Gasteiger partial charge on any atom is 0.208 e. The van der Waals surface area contributed by atoms with Gasteiger partial charge in [0, 0.05) is 18.3 Å². The van der Waals surface area contributed by atoms with E-state index in [1.165, 1.54) is 0 Å². The van der Waals surface area contributed by atoms with Gasteiger partial charge in [0.1, 0.15) is 0 Å². The summed E-state index contributed by atoms with van der Waals surface area (Å²) in [6.45, 7) is 0.856. The first kappa shape index (κ1) is 12.8. The Kier molecular flexibility index (Phi) is 3.78. The molecule has 0 bridgehead atoms. The van der Waals surface area contributed by atoms with Crippen molar-refractivity contribution in [2.75, 3.05) is 12.8 Å². The fourth-order valence-corrected chi connectivity index (χ4v) is 2.07. The van der Waals surface area contributed by atoms with Gasteiger partial charge in [-0.2, -0.15) is 5.10 Å². The molecular weight excluding hydrogens is 250 g/mol. The van der Waals surface area contributed by atoms with Crippen LogP contribution >= 0.6 is 0 Å². The van der Waals surface area contributed by atoms with Crippen LogP contribution in [0, 0.1) is 0 Å². The van der Waals surface area contributed by atoms with Crippen molar-refractivity contribution in [1.29, 1.82) is 0 Å². The first-order valence-electron chi connectivity index (χ1n) is 5.57. The largest absolute Gasteiger partial charge is 0.271 e. The van der Waals surface area contributed by atoms with E-state index >= 15 is 0 Å². The third-order valence-corrected chi connectivity index (χ3v) is 3.17. The van der Waals surface area contributed by atoms with Crippen LogP contribution in [-0.2, 0) is 16.6 Å². The van der Waals surface area contributed by atoms with Crippen molar-refractivity contribution in [2.45, 2.75) is 6.54 Å². The number of sulfonamides is 1. The van der Waals surface area contributed by atoms with Crippen molar-refractivity contribution in [2.24, 2.45) is 0 Å². The minimum atomic E-state index is -3.13. The van der Waals surface area contributed by atoms with Crippen molar-refractivity contribution in [3.8, 4) is 11.1 Å². The van der Waals surface area contributed by atoms with Crippen molar-refractivity contribution >= 4 is 10.0 Å². The highest BCUT2D eigenvalue weighted by Crippen LogP contribution is 2.17. The van der Waals surface area contributed by atoms with Gasteiger partial charge in [-0.25, -0.2) is 13.1 Å². The van der Waals surface area contributed by atoms with E-state index in [0.29, 0.717) is 13.1 Å². The number of nitrogens with one attached hydrogen (secondary N) is 1. The molecule has 0 aliphatic rings. The molecule has 2 aromatic rings. The Bertz CT molecular complexity index is 605. The van der Waals surface area contributed by atoms with Crippen LogP contribution in [0.5, 0.6) is 0 Å². The third kappa shape index (κ3) is 3.68. The monoisotopic (exact) mass is 265 g/mol. The molecule has 0 saturated carbocycles. The number of aromatic nitrogens is 2. The predicted molar refractivity (Wildman–Crippen MR) is 70.5 cm³/mol. The van der Waals surface area contributed by atoms with Gasteiger partial charge in [0.15, 0.2) is 0 Å². The SMILES string of the molecule is CS(=O)(=O)NCCn1cc(-c2ccccc2)cn1. The Hall–Kier alpha value is -1.66. The summed E-state index contributed by atoms with van der Waals surface area (Å²) in [5, 5.41) is 4.19. The van der Waals surface area contributed by atoms with Crippen molar-refractivity contribution < 1.29 is 8.42 Å². The lowest BCUT2D eigenvalue weighted by Gasteiger charge is -2.02. The molecule has 1 aromatic heterocycles. The molecule has 1 aromatic carbocycles. The second kappa shape index (κ2) is 5.32. The summed E-state index contributed by atoms with van der Waals surface area (Å²) in [4.78, 5) is 0. The zero-order valence-corrected chi connectivity index (χ0v) is 10.9. The van der Waals surface area contributed by atoms with Crippen LogP contribution in [0.3, 0.4) is 0 Å². The average Bonchev–Trinajstić information content (AvgIpc) is 2.77. The lowest BCUT2D eigenvalue weighted by molar-refractivity contribution is 0.565. The van der Waals surface area contributed by atoms with Crippen LogP contribution in [0.25, 0.3) is 11.1 Å². The summed E-state index contributed by atoms with van der Waals surface area (Å²) in [6.07, 6.45) is 4.82. The van der Waals surface area contributed by atoms with E-state index in [1.807, 2.05) is 36.5 Å². The highest BCUT2D eigenvalue weighted by Gasteiger charge is 2.02. The molecule has 18 heavy (non-hydrogen) atoms. The van der Waals surface area contributed by atoms with Gasteiger partial charge in [0.2, 0.25) is 10.0 Å². The van der Waals surface area contributed by atoms with Gasteiger partial charge < -0.3 is 0 Å². The molecule has 0 radical (unpaired) electrons. The molecule has 2 rings (SSSR count). The van der Waals surface area contributed by atoms with E-state index in [4.69, 9.17) is 0 Å². The number of nitrogens with zero attached hydrogens (tertiary/aromatic N) is 2. The van der Waals surface area contributed by atoms with Crippen LogP contribution in [-0.4, -0.2) is 31.0 Å². The maximum absolute atomic E-state index is 10.9. The fourth-order valence-electron chi connectivity index (χ4n) is 1.61. The summed E-state index contributed by atoms with van der Waals surface area (Å²) in [5.74, 6) is 0. The molecule has 0 spiro atoms. The molecular formula is C12H15N3O2S. The highest BCUT2D eigenvalue weighted by molar-refractivity contribution is 7.88. The second-order valence-electron chi connectivity index (χ2n) is 4.02. The lowest BCUT2D eigenvalue weighted by atomic mass is 10.1. The van der Waals surface area contributed by atoms with Gasteiger partial charge in [-0.3, -0.25) is 4.68 Å². The van der Waals surface area contributed by atoms with Crippen molar-refractivity contribution in [3.05, 3.63) is 42.7 Å². The number of hydrogen-bond donors (Lipinski definition) is 1. The van der Waals surface area contributed by atoms with Crippen LogP contribution in [0.1, 0.15) is 0 Å². The molecule has 0 saturated heterocycles. The second-order valence-corrected chi connectivity index (χ2v) is 5.86. The Morgan fingerprint density at radius 2 is 1.94 bits per heavy atom. The first-order valence-corrected chi connectivity index (χ1v) is 7.46. The van der Waals surface area contributed by atoms with E-state index in [2.05, 4.69) is 9.82 Å². The first-order chi connectivity index (χ1) is 8.54. The minimum absolute atomic E-state index is 0.342. The zero-order valence-electron chi connectivity index (χ0n) is 10.1. The van der Waals surface area contributed by atoms with E-state index in [-0.39, 0.29) is 0 Å². The Morgan fingerprint density at radius 3 is 2.61 bits per heavy atom. The summed E-state index contributed by atoms with van der Waals surface area (Å²) >= 11 is 0. The van der Waals surface area contributed by atoms with E-state index in [1.54, 1.807) is 10.9 Å². The molecule has 96 valence electrons. The minimum Gasteiger partial charge on any atom is -0.271 e. The summed E-state index contributed by atoms with van der Waals surface area (Å²) in [5.41, 5.74) is 2.12. The third-order valence-electron chi connectivity index (χ3n) is 2.45. The molecule has 0 amide bonds. The van der Waals surface area contributed by atoms with Gasteiger partial charge in [-0.15, -0.1) is 0 Å². The quantitative estimate of drug-likeness (QED) is 0.880. The van der Waals surface area contributed by atoms with Gasteiger partial charge in [0.25, 0.3) is 0 Å². The van der Waals surface area contributed by atoms with Crippen molar-refractivity contribution in [3.63, 3.8) is 0 Å². The molecule has 0 fully saturated rings. The molecule has 6 heteroatoms. The van der Waals surface area contributed by atoms with E-state index in [0.717, 1.165) is 17.4 Å². The van der Waals surface area contributed by atoms with E-state index < -0.39 is 10.0 Å². The zero-order chi connectivity index (χ0) is 13.0. The predicted octanol–water partition coefficient (Wildman–Crippen LogP) is 1.10. The lowest BCUT2D eigenvalue weighted by Crippen LogP contribution is -2.26. The van der Waals surface area contributed by atoms with Crippen LogP contribution in [0.15, 0.2) is 42.7 Å². The Balaban J connectivity index is 1.99. The topological polar surface area (TPSA) is 64.0 Å². The summed E-state index contributed by atoms with van der Waals surface area (Å²) in [6, 6.07) is 9.92. The average molecular weight is 265 g/mol. The molecule has 0 unspecified atom stereocenters. The Labute approximate surface area is 107 Å². The van der Waals surface area contributed by atoms with Gasteiger partial charge in [-0.05, 0) is 5.56 Å². The Morgan fingerprint density at radius 1 is 1.22 bits per heavy atom. The summed E-state index contributed by atoms with van der Waals surface area (Å²) < 4.78 is 26.0. The smallest absolute Gasteiger partial charge is 0.208 e. The normalized spacial score (nSPS) is 11.6. The highest BCUT2D eigenvalue weighted by atomic mass is 32.2. The standard InChI is InChI=1S/C12H15N3O2S/c1-18(16,17)14-7-8-15-10-12(9-13-15)11-5-3-2-4-6-11/h2-6,9-10,14H,7-8H2,1H3. The van der Waals surface area contributed by atoms with E-state index in [9.17, 15) is 8.42 Å².